The molecule has 0 saturated heterocycles. The molecule has 2 aliphatic rings. The van der Waals surface area contributed by atoms with Crippen molar-refractivity contribution in [3.8, 4) is 11.1 Å². The molecule has 2 heteroatoms. The van der Waals surface area contributed by atoms with Gasteiger partial charge in [-0.1, -0.05) is 62.4 Å². The topological polar surface area (TPSA) is 37.3 Å². The largest absolute Gasteiger partial charge is 0.478 e. The molecule has 0 radical (unpaired) electrons. The van der Waals surface area contributed by atoms with E-state index in [1.165, 1.54) is 39.5 Å². The molecule has 1 N–H and O–H groups in total. The maximum absolute atomic E-state index is 10.6. The summed E-state index contributed by atoms with van der Waals surface area (Å²) in [6, 6.07) is 8.93. The molecule has 0 aliphatic heterocycles. The van der Waals surface area contributed by atoms with Gasteiger partial charge in [0.1, 0.15) is 0 Å². The Morgan fingerprint density at radius 2 is 1.80 bits per heavy atom. The van der Waals surface area contributed by atoms with Crippen molar-refractivity contribution in [2.24, 2.45) is 0 Å². The lowest BCUT2D eigenvalue weighted by Crippen LogP contribution is -1.87. The Labute approximate surface area is 150 Å². The number of hydrogen-bond acceptors (Lipinski definition) is 1. The fourth-order valence-corrected chi connectivity index (χ4v) is 2.98. The summed E-state index contributed by atoms with van der Waals surface area (Å²) in [6.45, 7) is 10.5. The Morgan fingerprint density at radius 3 is 2.44 bits per heavy atom. The Bertz CT molecular complexity index is 836. The minimum absolute atomic E-state index is 0.496. The summed E-state index contributed by atoms with van der Waals surface area (Å²) in [6.07, 6.45) is 8.92. The number of hydrogen-bond donors (Lipinski definition) is 1. The van der Waals surface area contributed by atoms with Gasteiger partial charge in [0.2, 0.25) is 0 Å². The van der Waals surface area contributed by atoms with Crippen LogP contribution >= 0.6 is 0 Å². The zero-order chi connectivity index (χ0) is 18.6. The third-order valence-electron chi connectivity index (χ3n) is 4.35. The lowest BCUT2D eigenvalue weighted by molar-refractivity contribution is -0.131. The standard InChI is InChI=1S/C23H26O2/c1-15(2)19-11-10-17(4)23-20(13-18(5)21(23)14-19)9-7-6-8-16(3)12-22(24)25/h6-15H,1-5H3,(H,24,25)/b8-6+,9-7+,16-12+. The maximum Gasteiger partial charge on any atom is 0.328 e. The van der Waals surface area contributed by atoms with Gasteiger partial charge < -0.3 is 5.11 Å². The summed E-state index contributed by atoms with van der Waals surface area (Å²) in [4.78, 5) is 10.6. The number of aliphatic carboxylic acids is 1. The van der Waals surface area contributed by atoms with Gasteiger partial charge in [0.05, 0.1) is 0 Å². The summed E-state index contributed by atoms with van der Waals surface area (Å²) in [5.41, 5.74) is 8.38. The van der Waals surface area contributed by atoms with Crippen LogP contribution in [0.5, 0.6) is 0 Å². The van der Waals surface area contributed by atoms with Crippen molar-refractivity contribution in [3.63, 3.8) is 0 Å². The van der Waals surface area contributed by atoms with Crippen LogP contribution in [0.25, 0.3) is 17.2 Å². The summed E-state index contributed by atoms with van der Waals surface area (Å²) in [5.74, 6) is -0.428. The predicted octanol–water partition coefficient (Wildman–Crippen LogP) is 6.13. The van der Waals surface area contributed by atoms with Crippen LogP contribution in [0.15, 0.2) is 54.1 Å². The lowest BCUT2D eigenvalue weighted by Gasteiger charge is -2.04. The number of carbonyl (C=O) groups is 1. The number of carboxylic acids is 1. The van der Waals surface area contributed by atoms with Crippen molar-refractivity contribution in [2.75, 3.05) is 0 Å². The molecule has 2 aliphatic carbocycles. The van der Waals surface area contributed by atoms with Crippen LogP contribution in [0.4, 0.5) is 0 Å². The van der Waals surface area contributed by atoms with E-state index in [0.29, 0.717) is 11.5 Å². The van der Waals surface area contributed by atoms with Crippen LogP contribution in [-0.2, 0) is 4.79 Å². The highest BCUT2D eigenvalue weighted by Crippen LogP contribution is 2.36. The first-order valence-electron chi connectivity index (χ1n) is 8.59. The highest BCUT2D eigenvalue weighted by molar-refractivity contribution is 5.84. The Hall–Kier alpha value is -2.61. The Balaban J connectivity index is 2.37. The van der Waals surface area contributed by atoms with E-state index >= 15 is 0 Å². The molecular formula is C23H26O2. The summed E-state index contributed by atoms with van der Waals surface area (Å²) >= 11 is 0. The quantitative estimate of drug-likeness (QED) is 0.527. The minimum atomic E-state index is -0.923. The van der Waals surface area contributed by atoms with Crippen molar-refractivity contribution in [2.45, 2.75) is 40.5 Å². The normalized spacial score (nSPS) is 12.8. The van der Waals surface area contributed by atoms with Gasteiger partial charge in [-0.25, -0.2) is 4.79 Å². The molecule has 25 heavy (non-hydrogen) atoms. The van der Waals surface area contributed by atoms with Crippen LogP contribution in [0.2, 0.25) is 0 Å². The molecule has 130 valence electrons. The molecule has 0 atom stereocenters. The molecule has 0 aromatic carbocycles. The number of fused-ring (bicyclic) bond motifs is 1. The van der Waals surface area contributed by atoms with E-state index in [0.717, 1.165) is 0 Å². The van der Waals surface area contributed by atoms with Gasteiger partial charge in [0.25, 0.3) is 0 Å². The van der Waals surface area contributed by atoms with Crippen LogP contribution in [0, 0.1) is 13.8 Å². The molecule has 0 heterocycles. The van der Waals surface area contributed by atoms with Gasteiger partial charge in [-0.3, -0.25) is 0 Å². The van der Waals surface area contributed by atoms with E-state index in [1.807, 2.05) is 12.2 Å². The third-order valence-corrected chi connectivity index (χ3v) is 4.35. The van der Waals surface area contributed by atoms with Crippen LogP contribution in [-0.4, -0.2) is 11.1 Å². The highest BCUT2D eigenvalue weighted by atomic mass is 16.4. The lowest BCUT2D eigenvalue weighted by atomic mass is 10.0. The molecule has 0 spiro atoms. The van der Waals surface area contributed by atoms with Gasteiger partial charge in [-0.05, 0) is 65.6 Å². The first-order valence-corrected chi connectivity index (χ1v) is 8.59. The smallest absolute Gasteiger partial charge is 0.328 e. The third kappa shape index (κ3) is 4.69. The molecule has 0 unspecified atom stereocenters. The number of aryl methyl sites for hydroxylation is 2. The summed E-state index contributed by atoms with van der Waals surface area (Å²) in [5, 5.41) is 8.73. The van der Waals surface area contributed by atoms with Crippen LogP contribution < -0.4 is 0 Å². The molecule has 0 aromatic rings. The molecule has 2 nitrogen and oxygen atoms in total. The van der Waals surface area contributed by atoms with E-state index in [4.69, 9.17) is 5.11 Å². The van der Waals surface area contributed by atoms with Gasteiger partial charge in [0, 0.05) is 6.08 Å². The van der Waals surface area contributed by atoms with E-state index in [1.54, 1.807) is 13.0 Å². The van der Waals surface area contributed by atoms with E-state index < -0.39 is 5.97 Å². The maximum atomic E-state index is 10.6. The number of rotatable bonds is 5. The second-order valence-electron chi connectivity index (χ2n) is 6.83. The van der Waals surface area contributed by atoms with Gasteiger partial charge >= 0.3 is 5.97 Å². The van der Waals surface area contributed by atoms with Crippen molar-refractivity contribution < 1.29 is 9.90 Å². The van der Waals surface area contributed by atoms with Crippen molar-refractivity contribution >= 4 is 12.0 Å². The first-order chi connectivity index (χ1) is 11.8. The highest BCUT2D eigenvalue weighted by Gasteiger charge is 2.14. The van der Waals surface area contributed by atoms with E-state index in [9.17, 15) is 4.79 Å². The molecule has 0 bridgehead atoms. The molecule has 0 saturated carbocycles. The van der Waals surface area contributed by atoms with Crippen LogP contribution in [0.3, 0.4) is 0 Å². The van der Waals surface area contributed by atoms with E-state index in [2.05, 4.69) is 58.0 Å². The Kier molecular flexibility index (Phi) is 5.97. The van der Waals surface area contributed by atoms with Crippen molar-refractivity contribution in [1.29, 1.82) is 0 Å². The number of allylic oxidation sites excluding steroid dienone is 4. The average Bonchev–Trinajstić information content (AvgIpc) is 2.70. The minimum Gasteiger partial charge on any atom is -0.478 e. The summed E-state index contributed by atoms with van der Waals surface area (Å²) in [7, 11) is 0. The fourth-order valence-electron chi connectivity index (χ4n) is 2.98. The number of carboxylic acid groups (broad SMARTS) is 1. The van der Waals surface area contributed by atoms with Gasteiger partial charge in [-0.15, -0.1) is 0 Å². The van der Waals surface area contributed by atoms with Gasteiger partial charge in [0.15, 0.2) is 0 Å². The zero-order valence-electron chi connectivity index (χ0n) is 15.6. The van der Waals surface area contributed by atoms with Crippen LogP contribution in [0.1, 0.15) is 48.9 Å². The Morgan fingerprint density at radius 1 is 1.08 bits per heavy atom. The molecule has 0 aromatic heterocycles. The second-order valence-corrected chi connectivity index (χ2v) is 6.83. The SMILES string of the molecule is CC(/C=C/C=C/c1cc(C)c2cc(C(C)C)ccc(C)c1-2)=C\C(=O)O. The monoisotopic (exact) mass is 334 g/mol. The zero-order valence-corrected chi connectivity index (χ0v) is 15.6. The average molecular weight is 334 g/mol. The fraction of sp³-hybridized carbons (Fsp3) is 0.261. The first kappa shape index (κ1) is 18.7. The van der Waals surface area contributed by atoms with Crippen molar-refractivity contribution in [3.05, 3.63) is 76.4 Å². The molecule has 0 amide bonds. The van der Waals surface area contributed by atoms with Gasteiger partial charge in [-0.2, -0.15) is 0 Å². The van der Waals surface area contributed by atoms with E-state index in [-0.39, 0.29) is 0 Å². The predicted molar refractivity (Wildman–Crippen MR) is 106 cm³/mol. The molecule has 2 rings (SSSR count). The summed E-state index contributed by atoms with van der Waals surface area (Å²) < 4.78 is 0. The molecular weight excluding hydrogens is 308 g/mol. The van der Waals surface area contributed by atoms with Crippen molar-refractivity contribution in [1.82, 2.24) is 0 Å². The molecule has 0 fully saturated rings. The second kappa shape index (κ2) is 7.98.